The van der Waals surface area contributed by atoms with Gasteiger partial charge in [-0.1, -0.05) is 30.3 Å². The lowest BCUT2D eigenvalue weighted by atomic mass is 10.0. The van der Waals surface area contributed by atoms with Crippen LogP contribution in [0.15, 0.2) is 65.3 Å². The topological polar surface area (TPSA) is 43.6 Å². The van der Waals surface area contributed by atoms with Crippen molar-refractivity contribution < 1.29 is 13.9 Å². The van der Waals surface area contributed by atoms with Crippen molar-refractivity contribution in [3.63, 3.8) is 0 Å². The summed E-state index contributed by atoms with van der Waals surface area (Å²) < 4.78 is 17.7. The first-order valence-corrected chi connectivity index (χ1v) is 7.91. The molecule has 1 aromatic heterocycles. The van der Waals surface area contributed by atoms with Gasteiger partial charge in [0.1, 0.15) is 17.4 Å². The van der Waals surface area contributed by atoms with Crippen LogP contribution >= 0.6 is 0 Å². The fourth-order valence-electron chi connectivity index (χ4n) is 2.94. The van der Waals surface area contributed by atoms with E-state index in [-0.39, 0.29) is 12.2 Å². The number of nitrogens with one attached hydrogen (secondary N) is 1. The van der Waals surface area contributed by atoms with Crippen molar-refractivity contribution >= 4 is 11.0 Å². The Hall–Kier alpha value is -2.30. The van der Waals surface area contributed by atoms with Crippen LogP contribution in [-0.4, -0.2) is 25.8 Å². The van der Waals surface area contributed by atoms with Crippen LogP contribution < -0.4 is 10.1 Å². The highest BCUT2D eigenvalue weighted by atomic mass is 16.5. The quantitative estimate of drug-likeness (QED) is 0.800. The number of morpholine rings is 1. The minimum Gasteiger partial charge on any atom is -0.483 e. The van der Waals surface area contributed by atoms with E-state index in [1.807, 2.05) is 42.5 Å². The summed E-state index contributed by atoms with van der Waals surface area (Å²) in [7, 11) is 0. The molecule has 0 saturated carbocycles. The van der Waals surface area contributed by atoms with Crippen molar-refractivity contribution in [2.24, 2.45) is 0 Å². The van der Waals surface area contributed by atoms with E-state index in [9.17, 15) is 0 Å². The maximum atomic E-state index is 6.29. The van der Waals surface area contributed by atoms with Gasteiger partial charge in [-0.05, 0) is 23.8 Å². The summed E-state index contributed by atoms with van der Waals surface area (Å²) in [6, 6.07) is 18.1. The zero-order valence-electron chi connectivity index (χ0n) is 12.8. The second kappa shape index (κ2) is 6.44. The number of fused-ring (bicyclic) bond motifs is 1. The van der Waals surface area contributed by atoms with Gasteiger partial charge in [-0.25, -0.2) is 0 Å². The first-order valence-electron chi connectivity index (χ1n) is 7.91. The summed E-state index contributed by atoms with van der Waals surface area (Å²) in [5.74, 6) is 0.787. The molecule has 1 N–H and O–H groups in total. The number of benzene rings is 2. The molecule has 4 heteroatoms. The molecule has 0 bridgehead atoms. The molecule has 1 aliphatic rings. The van der Waals surface area contributed by atoms with Gasteiger partial charge in [0.15, 0.2) is 6.10 Å². The summed E-state index contributed by atoms with van der Waals surface area (Å²) in [6.45, 7) is 2.37. The average molecular weight is 309 g/mol. The zero-order chi connectivity index (χ0) is 15.5. The Morgan fingerprint density at radius 3 is 2.83 bits per heavy atom. The van der Waals surface area contributed by atoms with Gasteiger partial charge < -0.3 is 19.2 Å². The van der Waals surface area contributed by atoms with Gasteiger partial charge >= 0.3 is 0 Å². The predicted octanol–water partition coefficient (Wildman–Crippen LogP) is 3.54. The highest BCUT2D eigenvalue weighted by Gasteiger charge is 2.27. The highest BCUT2D eigenvalue weighted by Crippen LogP contribution is 2.29. The smallest absolute Gasteiger partial charge is 0.151 e. The summed E-state index contributed by atoms with van der Waals surface area (Å²) >= 11 is 0. The SMILES string of the molecule is c1ccc(C(Oc2ccc3ccoc3c2)[C@@H]2CNCCO2)cc1. The van der Waals surface area contributed by atoms with Crippen molar-refractivity contribution in [1.82, 2.24) is 5.32 Å². The molecule has 0 spiro atoms. The first kappa shape index (κ1) is 14.3. The monoisotopic (exact) mass is 309 g/mol. The van der Waals surface area contributed by atoms with Crippen LogP contribution in [0, 0.1) is 0 Å². The van der Waals surface area contributed by atoms with E-state index in [4.69, 9.17) is 13.9 Å². The lowest BCUT2D eigenvalue weighted by Gasteiger charge is -2.31. The fourth-order valence-corrected chi connectivity index (χ4v) is 2.94. The third-order valence-electron chi connectivity index (χ3n) is 4.11. The number of rotatable bonds is 4. The van der Waals surface area contributed by atoms with Crippen molar-refractivity contribution in [2.45, 2.75) is 12.2 Å². The minimum atomic E-state index is -0.156. The van der Waals surface area contributed by atoms with Gasteiger partial charge in [-0.2, -0.15) is 0 Å². The summed E-state index contributed by atoms with van der Waals surface area (Å²) in [5, 5.41) is 4.45. The van der Waals surface area contributed by atoms with Crippen molar-refractivity contribution in [3.8, 4) is 5.75 Å². The number of ether oxygens (including phenoxy) is 2. The summed E-state index contributed by atoms with van der Waals surface area (Å²) in [4.78, 5) is 0. The lowest BCUT2D eigenvalue weighted by molar-refractivity contribution is -0.0432. The molecule has 0 amide bonds. The van der Waals surface area contributed by atoms with E-state index in [1.165, 1.54) is 0 Å². The lowest BCUT2D eigenvalue weighted by Crippen LogP contribution is -2.43. The Morgan fingerprint density at radius 1 is 1.09 bits per heavy atom. The van der Waals surface area contributed by atoms with E-state index in [2.05, 4.69) is 17.4 Å². The van der Waals surface area contributed by atoms with E-state index in [1.54, 1.807) is 6.26 Å². The Bertz CT molecular complexity index is 762. The predicted molar refractivity (Wildman–Crippen MR) is 88.6 cm³/mol. The fraction of sp³-hybridized carbons (Fsp3) is 0.263. The second-order valence-electron chi connectivity index (χ2n) is 5.68. The Kier molecular flexibility index (Phi) is 4.01. The molecule has 3 aromatic rings. The van der Waals surface area contributed by atoms with Crippen LogP contribution in [0.3, 0.4) is 0 Å². The number of hydrogen-bond donors (Lipinski definition) is 1. The molecule has 2 heterocycles. The maximum Gasteiger partial charge on any atom is 0.151 e. The second-order valence-corrected chi connectivity index (χ2v) is 5.68. The molecule has 1 saturated heterocycles. The van der Waals surface area contributed by atoms with Gasteiger partial charge in [-0.15, -0.1) is 0 Å². The van der Waals surface area contributed by atoms with E-state index >= 15 is 0 Å². The van der Waals surface area contributed by atoms with Crippen molar-refractivity contribution in [1.29, 1.82) is 0 Å². The number of furan rings is 1. The molecular weight excluding hydrogens is 290 g/mol. The van der Waals surface area contributed by atoms with Crippen LogP contribution in [-0.2, 0) is 4.74 Å². The molecule has 1 unspecified atom stereocenters. The van der Waals surface area contributed by atoms with E-state index in [0.29, 0.717) is 6.61 Å². The minimum absolute atomic E-state index is 0.0153. The van der Waals surface area contributed by atoms with E-state index in [0.717, 1.165) is 35.4 Å². The van der Waals surface area contributed by atoms with Crippen molar-refractivity contribution in [2.75, 3.05) is 19.7 Å². The van der Waals surface area contributed by atoms with Gasteiger partial charge in [0, 0.05) is 24.5 Å². The molecule has 2 atom stereocenters. The average Bonchev–Trinajstić information content (AvgIpc) is 3.09. The maximum absolute atomic E-state index is 6.29. The highest BCUT2D eigenvalue weighted by molar-refractivity contribution is 5.78. The molecule has 0 aliphatic carbocycles. The first-order chi connectivity index (χ1) is 11.4. The van der Waals surface area contributed by atoms with Crippen LogP contribution in [0.1, 0.15) is 11.7 Å². The molecular formula is C19H19NO3. The van der Waals surface area contributed by atoms with Crippen LogP contribution in [0.25, 0.3) is 11.0 Å². The van der Waals surface area contributed by atoms with Gasteiger partial charge in [0.25, 0.3) is 0 Å². The molecule has 1 fully saturated rings. The van der Waals surface area contributed by atoms with Gasteiger partial charge in [0.2, 0.25) is 0 Å². The van der Waals surface area contributed by atoms with Crippen LogP contribution in [0.5, 0.6) is 5.75 Å². The Labute approximate surface area is 135 Å². The molecule has 1 aliphatic heterocycles. The number of hydrogen-bond acceptors (Lipinski definition) is 4. The molecule has 118 valence electrons. The Balaban J connectivity index is 1.63. The van der Waals surface area contributed by atoms with Crippen molar-refractivity contribution in [3.05, 3.63) is 66.4 Å². The van der Waals surface area contributed by atoms with Crippen LogP contribution in [0.4, 0.5) is 0 Å². The molecule has 2 aromatic carbocycles. The molecule has 4 rings (SSSR count). The Morgan fingerprint density at radius 2 is 2.00 bits per heavy atom. The standard InChI is InChI=1S/C19H19NO3/c1-2-4-15(5-3-1)19(18-13-20-9-11-22-18)23-16-7-6-14-8-10-21-17(14)12-16/h1-8,10,12,18-20H,9,11,13H2/t18-,19?/m0/s1. The third-order valence-corrected chi connectivity index (χ3v) is 4.11. The largest absolute Gasteiger partial charge is 0.483 e. The van der Waals surface area contributed by atoms with E-state index < -0.39 is 0 Å². The van der Waals surface area contributed by atoms with Gasteiger partial charge in [0.05, 0.1) is 12.9 Å². The third kappa shape index (κ3) is 3.09. The molecule has 4 nitrogen and oxygen atoms in total. The summed E-state index contributed by atoms with van der Waals surface area (Å²) in [5.41, 5.74) is 1.94. The summed E-state index contributed by atoms with van der Waals surface area (Å²) in [6.07, 6.45) is 1.52. The zero-order valence-corrected chi connectivity index (χ0v) is 12.8. The van der Waals surface area contributed by atoms with Crippen LogP contribution in [0.2, 0.25) is 0 Å². The normalized spacial score (nSPS) is 19.6. The van der Waals surface area contributed by atoms with Gasteiger partial charge in [-0.3, -0.25) is 0 Å². The molecule has 0 radical (unpaired) electrons. The molecule has 23 heavy (non-hydrogen) atoms.